The van der Waals surface area contributed by atoms with E-state index in [9.17, 15) is 4.79 Å². The lowest BCUT2D eigenvalue weighted by Crippen LogP contribution is -2.31. The fourth-order valence-corrected chi connectivity index (χ4v) is 5.16. The first kappa shape index (κ1) is 20.2. The van der Waals surface area contributed by atoms with Crippen LogP contribution in [-0.2, 0) is 11.2 Å². The lowest BCUT2D eigenvalue weighted by atomic mass is 10.0. The summed E-state index contributed by atoms with van der Waals surface area (Å²) in [6, 6.07) is 25.3. The number of rotatable bonds is 5. The van der Waals surface area contributed by atoms with Crippen molar-refractivity contribution in [2.45, 2.75) is 37.8 Å². The van der Waals surface area contributed by atoms with E-state index >= 15 is 0 Å². The van der Waals surface area contributed by atoms with Crippen molar-refractivity contribution in [3.63, 3.8) is 0 Å². The van der Waals surface area contributed by atoms with Gasteiger partial charge in [0.1, 0.15) is 5.82 Å². The number of carbonyl (C=O) groups is 1. The maximum absolute atomic E-state index is 12.5. The molecule has 5 heteroatoms. The van der Waals surface area contributed by atoms with Crippen LogP contribution in [0.4, 0.5) is 0 Å². The summed E-state index contributed by atoms with van der Waals surface area (Å²) >= 11 is 0. The minimum absolute atomic E-state index is 0.0492. The number of carbonyl (C=O) groups excluding carboxylic acids is 1. The van der Waals surface area contributed by atoms with E-state index in [0.717, 1.165) is 54.8 Å². The minimum atomic E-state index is -0.0492. The molecular weight excluding hydrogens is 410 g/mol. The van der Waals surface area contributed by atoms with E-state index in [1.807, 2.05) is 24.3 Å². The van der Waals surface area contributed by atoms with E-state index in [4.69, 9.17) is 9.72 Å². The second-order valence-corrected chi connectivity index (χ2v) is 8.99. The van der Waals surface area contributed by atoms with E-state index < -0.39 is 0 Å². The van der Waals surface area contributed by atoms with Crippen LogP contribution in [-0.4, -0.2) is 34.7 Å². The summed E-state index contributed by atoms with van der Waals surface area (Å²) in [4.78, 5) is 17.4. The molecule has 33 heavy (non-hydrogen) atoms. The van der Waals surface area contributed by atoms with E-state index in [-0.39, 0.29) is 12.0 Å². The van der Waals surface area contributed by atoms with Crippen LogP contribution in [0.15, 0.2) is 72.8 Å². The zero-order valence-electron chi connectivity index (χ0n) is 18.5. The number of hydrogen-bond donors (Lipinski definition) is 1. The number of ether oxygens (including phenoxy) is 1. The molecular formula is C28H27N3O2. The molecule has 1 N–H and O–H groups in total. The van der Waals surface area contributed by atoms with Crippen LogP contribution in [0.25, 0.3) is 22.2 Å². The van der Waals surface area contributed by atoms with Crippen molar-refractivity contribution < 1.29 is 9.53 Å². The van der Waals surface area contributed by atoms with E-state index in [1.165, 1.54) is 11.1 Å². The Hall–Kier alpha value is -3.44. The number of benzene rings is 3. The number of imidazole rings is 1. The molecule has 0 bridgehead atoms. The average molecular weight is 438 g/mol. The number of fused-ring (bicyclic) bond motifs is 3. The van der Waals surface area contributed by atoms with Gasteiger partial charge in [-0.05, 0) is 60.2 Å². The Balaban J connectivity index is 1.25. The Labute approximate surface area is 193 Å². The molecule has 3 aromatic carbocycles. The first-order chi connectivity index (χ1) is 16.3. The molecule has 1 fully saturated rings. The van der Waals surface area contributed by atoms with Gasteiger partial charge in [0, 0.05) is 25.1 Å². The van der Waals surface area contributed by atoms with Gasteiger partial charge in [0.2, 0.25) is 0 Å². The third kappa shape index (κ3) is 3.83. The number of nitrogens with one attached hydrogen (secondary N) is 1. The lowest BCUT2D eigenvalue weighted by Gasteiger charge is -2.15. The van der Waals surface area contributed by atoms with E-state index in [2.05, 4.69) is 58.4 Å². The zero-order chi connectivity index (χ0) is 22.2. The highest BCUT2D eigenvalue weighted by Crippen LogP contribution is 2.36. The van der Waals surface area contributed by atoms with Crippen molar-refractivity contribution in [1.29, 1.82) is 0 Å². The van der Waals surface area contributed by atoms with Crippen molar-refractivity contribution in [2.75, 3.05) is 13.2 Å². The third-order valence-corrected chi connectivity index (χ3v) is 6.89. The highest BCUT2D eigenvalue weighted by atomic mass is 16.5. The molecule has 5 nitrogen and oxygen atoms in total. The Morgan fingerprint density at radius 1 is 1.00 bits per heavy atom. The minimum Gasteiger partial charge on any atom is -0.376 e. The molecule has 1 aromatic heterocycles. The second-order valence-electron chi connectivity index (χ2n) is 8.99. The second kappa shape index (κ2) is 8.49. The monoisotopic (exact) mass is 437 g/mol. The maximum atomic E-state index is 12.5. The number of aryl methyl sites for hydroxylation is 1. The molecule has 6 rings (SSSR count). The van der Waals surface area contributed by atoms with Crippen LogP contribution < -0.4 is 5.32 Å². The first-order valence-electron chi connectivity index (χ1n) is 11.8. The topological polar surface area (TPSA) is 56.1 Å². The summed E-state index contributed by atoms with van der Waals surface area (Å²) in [5, 5.41) is 2.99. The zero-order valence-corrected chi connectivity index (χ0v) is 18.5. The number of amides is 1. The predicted octanol–water partition coefficient (Wildman–Crippen LogP) is 5.15. The highest BCUT2D eigenvalue weighted by Gasteiger charge is 2.27. The smallest absolute Gasteiger partial charge is 0.251 e. The van der Waals surface area contributed by atoms with Crippen molar-refractivity contribution >= 4 is 16.9 Å². The molecule has 2 atom stereocenters. The van der Waals surface area contributed by atoms with Crippen molar-refractivity contribution in [3.8, 4) is 11.1 Å². The van der Waals surface area contributed by atoms with Gasteiger partial charge in [-0.25, -0.2) is 4.98 Å². The van der Waals surface area contributed by atoms with E-state index in [0.29, 0.717) is 18.2 Å². The van der Waals surface area contributed by atoms with Crippen molar-refractivity contribution in [3.05, 3.63) is 89.7 Å². The quantitative estimate of drug-likeness (QED) is 0.470. The van der Waals surface area contributed by atoms with Gasteiger partial charge in [0.05, 0.1) is 23.2 Å². The van der Waals surface area contributed by atoms with Crippen LogP contribution in [0.2, 0.25) is 0 Å². The number of nitrogens with zero attached hydrogens (tertiary/aromatic N) is 2. The number of aromatic nitrogens is 2. The molecule has 2 aliphatic rings. The molecule has 4 aromatic rings. The van der Waals surface area contributed by atoms with Crippen molar-refractivity contribution in [1.82, 2.24) is 14.9 Å². The SMILES string of the molecule is O=C(NCC1CCCO1)c1ccc(-c2ccc3nc4n(c3c2)C(c2ccccc2)CC4)cc1. The Kier molecular flexibility index (Phi) is 5.19. The van der Waals surface area contributed by atoms with Crippen LogP contribution in [0.5, 0.6) is 0 Å². The molecule has 2 unspecified atom stereocenters. The molecule has 0 saturated carbocycles. The van der Waals surface area contributed by atoms with Gasteiger partial charge < -0.3 is 14.6 Å². The first-order valence-corrected chi connectivity index (χ1v) is 11.8. The molecule has 0 aliphatic carbocycles. The van der Waals surface area contributed by atoms with Gasteiger partial charge in [-0.2, -0.15) is 0 Å². The Bertz CT molecular complexity index is 1290. The summed E-state index contributed by atoms with van der Waals surface area (Å²) in [5.74, 6) is 1.11. The summed E-state index contributed by atoms with van der Waals surface area (Å²) in [7, 11) is 0. The summed E-state index contributed by atoms with van der Waals surface area (Å²) in [5.41, 5.74) is 6.45. The standard InChI is InChI=1S/C28H27N3O2/c32-28(29-18-23-7-4-16-33-23)21-10-8-19(9-11-21)22-12-13-24-26(17-22)31-25(14-15-27(31)30-24)20-5-2-1-3-6-20/h1-3,5-6,8-13,17,23,25H,4,7,14-16,18H2,(H,29,32). The summed E-state index contributed by atoms with van der Waals surface area (Å²) in [6.45, 7) is 1.37. The van der Waals surface area contributed by atoms with Gasteiger partial charge >= 0.3 is 0 Å². The molecule has 3 heterocycles. The predicted molar refractivity (Wildman–Crippen MR) is 129 cm³/mol. The van der Waals surface area contributed by atoms with Crippen LogP contribution in [0, 0.1) is 0 Å². The largest absolute Gasteiger partial charge is 0.376 e. The fourth-order valence-electron chi connectivity index (χ4n) is 5.16. The molecule has 1 saturated heterocycles. The summed E-state index contributed by atoms with van der Waals surface area (Å²) < 4.78 is 7.99. The van der Waals surface area contributed by atoms with Gasteiger partial charge in [0.25, 0.3) is 5.91 Å². The van der Waals surface area contributed by atoms with Crippen LogP contribution in [0.1, 0.15) is 47.1 Å². The molecule has 0 radical (unpaired) electrons. The Morgan fingerprint density at radius 2 is 1.82 bits per heavy atom. The summed E-state index contributed by atoms with van der Waals surface area (Å²) in [6.07, 6.45) is 4.33. The molecule has 2 aliphatic heterocycles. The third-order valence-electron chi connectivity index (χ3n) is 6.89. The van der Waals surface area contributed by atoms with Crippen LogP contribution >= 0.6 is 0 Å². The average Bonchev–Trinajstić information content (AvgIpc) is 3.60. The maximum Gasteiger partial charge on any atom is 0.251 e. The van der Waals surface area contributed by atoms with Gasteiger partial charge in [-0.1, -0.05) is 48.5 Å². The normalized spacial score (nSPS) is 19.6. The van der Waals surface area contributed by atoms with Gasteiger partial charge in [-0.3, -0.25) is 4.79 Å². The van der Waals surface area contributed by atoms with E-state index in [1.54, 1.807) is 0 Å². The molecule has 1 amide bonds. The highest BCUT2D eigenvalue weighted by molar-refractivity contribution is 5.95. The lowest BCUT2D eigenvalue weighted by molar-refractivity contribution is 0.0858. The Morgan fingerprint density at radius 3 is 2.61 bits per heavy atom. The number of hydrogen-bond acceptors (Lipinski definition) is 3. The van der Waals surface area contributed by atoms with Crippen LogP contribution in [0.3, 0.4) is 0 Å². The molecule has 0 spiro atoms. The molecule has 166 valence electrons. The van der Waals surface area contributed by atoms with Gasteiger partial charge in [-0.15, -0.1) is 0 Å². The van der Waals surface area contributed by atoms with Gasteiger partial charge in [0.15, 0.2) is 0 Å². The van der Waals surface area contributed by atoms with Crippen molar-refractivity contribution in [2.24, 2.45) is 0 Å². The fraction of sp³-hybridized carbons (Fsp3) is 0.286.